The average Bonchev–Trinajstić information content (AvgIpc) is 2.80. The SMILES string of the molecule is CCC(C)CC(C)n1cc(C)nc1NC1CCCCC1. The summed E-state index contributed by atoms with van der Waals surface area (Å²) >= 11 is 0. The molecule has 1 fully saturated rings. The maximum Gasteiger partial charge on any atom is 0.203 e. The molecule has 3 nitrogen and oxygen atoms in total. The Balaban J connectivity index is 2.04. The van der Waals surface area contributed by atoms with Crippen LogP contribution < -0.4 is 5.32 Å². The molecule has 114 valence electrons. The van der Waals surface area contributed by atoms with Crippen molar-refractivity contribution in [3.8, 4) is 0 Å². The zero-order valence-corrected chi connectivity index (χ0v) is 13.7. The fraction of sp³-hybridized carbons (Fsp3) is 0.824. The molecule has 0 radical (unpaired) electrons. The van der Waals surface area contributed by atoms with E-state index in [2.05, 4.69) is 43.8 Å². The van der Waals surface area contributed by atoms with Gasteiger partial charge in [0.15, 0.2) is 0 Å². The summed E-state index contributed by atoms with van der Waals surface area (Å²) in [6, 6.07) is 1.15. The van der Waals surface area contributed by atoms with Crippen molar-refractivity contribution in [2.24, 2.45) is 5.92 Å². The van der Waals surface area contributed by atoms with Gasteiger partial charge in [-0.05, 0) is 39.0 Å². The third kappa shape index (κ3) is 4.00. The summed E-state index contributed by atoms with van der Waals surface area (Å²) in [5, 5.41) is 3.69. The number of nitrogens with one attached hydrogen (secondary N) is 1. The fourth-order valence-corrected chi connectivity index (χ4v) is 3.25. The van der Waals surface area contributed by atoms with E-state index in [1.165, 1.54) is 44.9 Å². The van der Waals surface area contributed by atoms with Crippen molar-refractivity contribution >= 4 is 5.95 Å². The molecule has 0 aromatic carbocycles. The molecule has 1 aromatic heterocycles. The van der Waals surface area contributed by atoms with Gasteiger partial charge in [0.1, 0.15) is 0 Å². The van der Waals surface area contributed by atoms with E-state index in [1.54, 1.807) is 0 Å². The van der Waals surface area contributed by atoms with E-state index >= 15 is 0 Å². The first-order chi connectivity index (χ1) is 9.60. The van der Waals surface area contributed by atoms with Crippen LogP contribution in [-0.4, -0.2) is 15.6 Å². The Morgan fingerprint density at radius 1 is 1.30 bits per heavy atom. The van der Waals surface area contributed by atoms with Gasteiger partial charge in [-0.25, -0.2) is 4.98 Å². The van der Waals surface area contributed by atoms with Crippen molar-refractivity contribution in [2.45, 2.75) is 84.7 Å². The number of imidazole rings is 1. The van der Waals surface area contributed by atoms with Crippen molar-refractivity contribution in [1.82, 2.24) is 9.55 Å². The van der Waals surface area contributed by atoms with Crippen LogP contribution in [0.5, 0.6) is 0 Å². The topological polar surface area (TPSA) is 29.9 Å². The monoisotopic (exact) mass is 277 g/mol. The second-order valence-electron chi connectivity index (χ2n) is 6.69. The predicted molar refractivity (Wildman–Crippen MR) is 86.2 cm³/mol. The summed E-state index contributed by atoms with van der Waals surface area (Å²) in [5.41, 5.74) is 1.12. The lowest BCUT2D eigenvalue weighted by atomic mass is 9.96. The number of hydrogen-bond donors (Lipinski definition) is 1. The lowest BCUT2D eigenvalue weighted by Crippen LogP contribution is -2.25. The average molecular weight is 277 g/mol. The minimum Gasteiger partial charge on any atom is -0.353 e. The number of aryl methyl sites for hydroxylation is 1. The molecule has 1 aliphatic rings. The minimum atomic E-state index is 0.525. The van der Waals surface area contributed by atoms with Crippen LogP contribution in [0, 0.1) is 12.8 Å². The molecule has 3 heteroatoms. The van der Waals surface area contributed by atoms with Crippen LogP contribution in [0.25, 0.3) is 0 Å². The highest BCUT2D eigenvalue weighted by Gasteiger charge is 2.18. The van der Waals surface area contributed by atoms with Gasteiger partial charge < -0.3 is 9.88 Å². The molecule has 0 amide bonds. The van der Waals surface area contributed by atoms with Gasteiger partial charge in [0.2, 0.25) is 5.95 Å². The van der Waals surface area contributed by atoms with Crippen LogP contribution in [0.1, 0.15) is 77.5 Å². The molecule has 1 aromatic rings. The summed E-state index contributed by atoms with van der Waals surface area (Å²) in [7, 11) is 0. The smallest absolute Gasteiger partial charge is 0.203 e. The van der Waals surface area contributed by atoms with E-state index in [1.807, 2.05) is 0 Å². The number of rotatable bonds is 6. The Morgan fingerprint density at radius 2 is 2.00 bits per heavy atom. The van der Waals surface area contributed by atoms with E-state index in [0.717, 1.165) is 17.6 Å². The maximum absolute atomic E-state index is 4.71. The van der Waals surface area contributed by atoms with Crippen molar-refractivity contribution in [1.29, 1.82) is 0 Å². The van der Waals surface area contributed by atoms with Crippen molar-refractivity contribution in [3.05, 3.63) is 11.9 Å². The first-order valence-electron chi connectivity index (χ1n) is 8.42. The number of anilines is 1. The van der Waals surface area contributed by atoms with Crippen LogP contribution in [0.3, 0.4) is 0 Å². The predicted octanol–water partition coefficient (Wildman–Crippen LogP) is 4.93. The Kier molecular flexibility index (Phi) is 5.50. The van der Waals surface area contributed by atoms with Gasteiger partial charge in [-0.15, -0.1) is 0 Å². The molecule has 1 N–H and O–H groups in total. The highest BCUT2D eigenvalue weighted by atomic mass is 15.2. The number of nitrogens with zero attached hydrogens (tertiary/aromatic N) is 2. The molecule has 2 rings (SSSR count). The summed E-state index contributed by atoms with van der Waals surface area (Å²) in [6.07, 6.45) is 11.4. The quantitative estimate of drug-likeness (QED) is 0.798. The standard InChI is InChI=1S/C17H31N3/c1-5-13(2)11-15(4)20-12-14(3)18-17(20)19-16-9-7-6-8-10-16/h12-13,15-16H,5-11H2,1-4H3,(H,18,19). The minimum absolute atomic E-state index is 0.525. The molecule has 1 aliphatic carbocycles. The molecule has 2 unspecified atom stereocenters. The highest BCUT2D eigenvalue weighted by molar-refractivity contribution is 5.31. The number of hydrogen-bond acceptors (Lipinski definition) is 2. The Labute approximate surface area is 124 Å². The Hall–Kier alpha value is -0.990. The molecule has 1 heterocycles. The lowest BCUT2D eigenvalue weighted by molar-refractivity contribution is 0.397. The first-order valence-corrected chi connectivity index (χ1v) is 8.42. The summed E-state index contributed by atoms with van der Waals surface area (Å²) in [5.74, 6) is 1.86. The fourth-order valence-electron chi connectivity index (χ4n) is 3.25. The Bertz CT molecular complexity index is 404. The van der Waals surface area contributed by atoms with Gasteiger partial charge in [0.05, 0.1) is 5.69 Å². The summed E-state index contributed by atoms with van der Waals surface area (Å²) < 4.78 is 2.36. The third-order valence-corrected chi connectivity index (χ3v) is 4.71. The number of aromatic nitrogens is 2. The van der Waals surface area contributed by atoms with Crippen molar-refractivity contribution in [2.75, 3.05) is 5.32 Å². The van der Waals surface area contributed by atoms with Crippen LogP contribution in [0.15, 0.2) is 6.20 Å². The van der Waals surface area contributed by atoms with Gasteiger partial charge in [0, 0.05) is 18.3 Å². The van der Waals surface area contributed by atoms with E-state index in [-0.39, 0.29) is 0 Å². The third-order valence-electron chi connectivity index (χ3n) is 4.71. The molecule has 20 heavy (non-hydrogen) atoms. The van der Waals surface area contributed by atoms with Gasteiger partial charge in [-0.1, -0.05) is 39.5 Å². The van der Waals surface area contributed by atoms with E-state index in [4.69, 9.17) is 4.98 Å². The van der Waals surface area contributed by atoms with Crippen molar-refractivity contribution in [3.63, 3.8) is 0 Å². The van der Waals surface area contributed by atoms with Gasteiger partial charge in [0.25, 0.3) is 0 Å². The molecule has 0 spiro atoms. The molecular formula is C17H31N3. The highest BCUT2D eigenvalue weighted by Crippen LogP contribution is 2.26. The van der Waals surface area contributed by atoms with Crippen LogP contribution in [0.2, 0.25) is 0 Å². The molecule has 0 bridgehead atoms. The zero-order valence-electron chi connectivity index (χ0n) is 13.7. The van der Waals surface area contributed by atoms with Crippen molar-refractivity contribution < 1.29 is 0 Å². The van der Waals surface area contributed by atoms with E-state index in [9.17, 15) is 0 Å². The summed E-state index contributed by atoms with van der Waals surface area (Å²) in [6.45, 7) is 9.03. The second-order valence-corrected chi connectivity index (χ2v) is 6.69. The van der Waals surface area contributed by atoms with E-state index in [0.29, 0.717) is 12.1 Å². The Morgan fingerprint density at radius 3 is 2.65 bits per heavy atom. The maximum atomic E-state index is 4.71. The lowest BCUT2D eigenvalue weighted by Gasteiger charge is -2.25. The zero-order chi connectivity index (χ0) is 14.5. The summed E-state index contributed by atoms with van der Waals surface area (Å²) in [4.78, 5) is 4.71. The van der Waals surface area contributed by atoms with Gasteiger partial charge in [-0.2, -0.15) is 0 Å². The van der Waals surface area contributed by atoms with Gasteiger partial charge in [-0.3, -0.25) is 0 Å². The molecule has 1 saturated carbocycles. The van der Waals surface area contributed by atoms with Crippen LogP contribution >= 0.6 is 0 Å². The molecule has 0 saturated heterocycles. The largest absolute Gasteiger partial charge is 0.353 e. The second kappa shape index (κ2) is 7.14. The van der Waals surface area contributed by atoms with Gasteiger partial charge >= 0.3 is 0 Å². The first kappa shape index (κ1) is 15.4. The van der Waals surface area contributed by atoms with Crippen LogP contribution in [-0.2, 0) is 0 Å². The van der Waals surface area contributed by atoms with Crippen LogP contribution in [0.4, 0.5) is 5.95 Å². The molecule has 0 aliphatic heterocycles. The van der Waals surface area contributed by atoms with E-state index < -0.39 is 0 Å². The molecular weight excluding hydrogens is 246 g/mol. The molecule has 2 atom stereocenters. The normalized spacial score (nSPS) is 19.8.